The van der Waals surface area contributed by atoms with Gasteiger partial charge in [0.15, 0.2) is 17.4 Å². The molecule has 2 N–H and O–H groups in total. The molecular formula is C18H22N6O. The molecule has 3 aromatic rings. The van der Waals surface area contributed by atoms with E-state index in [1.165, 1.54) is 5.56 Å². The highest BCUT2D eigenvalue weighted by Gasteiger charge is 2.05. The number of rotatable bonds is 7. The number of aliphatic imine (C=N–C) groups is 1. The van der Waals surface area contributed by atoms with Crippen molar-refractivity contribution in [1.82, 2.24) is 25.2 Å². The van der Waals surface area contributed by atoms with E-state index in [0.717, 1.165) is 11.5 Å². The zero-order valence-corrected chi connectivity index (χ0v) is 14.2. The fraction of sp³-hybridized carbons (Fsp3) is 0.278. The van der Waals surface area contributed by atoms with Crippen molar-refractivity contribution in [2.45, 2.75) is 13.2 Å². The van der Waals surface area contributed by atoms with E-state index >= 15 is 0 Å². The number of guanidine groups is 1. The quantitative estimate of drug-likeness (QED) is 0.389. The Morgan fingerprint density at radius 3 is 2.76 bits per heavy atom. The SMILES string of the molecule is CN=C(NCCOCc1ccccc1)NCc1nnc2ccccn12. The summed E-state index contributed by atoms with van der Waals surface area (Å²) in [6.45, 7) is 2.42. The maximum Gasteiger partial charge on any atom is 0.191 e. The van der Waals surface area contributed by atoms with Gasteiger partial charge >= 0.3 is 0 Å². The van der Waals surface area contributed by atoms with Crippen molar-refractivity contribution in [3.05, 3.63) is 66.1 Å². The molecule has 0 atom stereocenters. The minimum absolute atomic E-state index is 0.537. The summed E-state index contributed by atoms with van der Waals surface area (Å²) >= 11 is 0. The van der Waals surface area contributed by atoms with Crippen LogP contribution in [-0.2, 0) is 17.9 Å². The first kappa shape index (κ1) is 16.9. The van der Waals surface area contributed by atoms with Crippen molar-refractivity contribution in [2.75, 3.05) is 20.2 Å². The minimum Gasteiger partial charge on any atom is -0.375 e. The van der Waals surface area contributed by atoms with Gasteiger partial charge < -0.3 is 15.4 Å². The molecule has 7 nitrogen and oxygen atoms in total. The molecule has 0 amide bonds. The van der Waals surface area contributed by atoms with Crippen molar-refractivity contribution in [2.24, 2.45) is 4.99 Å². The lowest BCUT2D eigenvalue weighted by Gasteiger charge is -2.11. The van der Waals surface area contributed by atoms with Crippen molar-refractivity contribution in [1.29, 1.82) is 0 Å². The average molecular weight is 338 g/mol. The molecule has 2 heterocycles. The molecule has 25 heavy (non-hydrogen) atoms. The molecule has 0 fully saturated rings. The molecule has 130 valence electrons. The molecule has 0 aliphatic heterocycles. The number of aromatic nitrogens is 3. The molecule has 0 bridgehead atoms. The number of ether oxygens (including phenoxy) is 1. The Labute approximate surface area is 146 Å². The summed E-state index contributed by atoms with van der Waals surface area (Å²) in [6, 6.07) is 15.9. The third-order valence-corrected chi connectivity index (χ3v) is 3.67. The maximum atomic E-state index is 5.65. The third-order valence-electron chi connectivity index (χ3n) is 3.67. The molecule has 0 saturated carbocycles. The summed E-state index contributed by atoms with van der Waals surface area (Å²) in [6.07, 6.45) is 1.94. The lowest BCUT2D eigenvalue weighted by Crippen LogP contribution is -2.38. The highest BCUT2D eigenvalue weighted by atomic mass is 16.5. The first-order valence-corrected chi connectivity index (χ1v) is 8.21. The van der Waals surface area contributed by atoms with Gasteiger partial charge in [0.2, 0.25) is 0 Å². The summed E-state index contributed by atoms with van der Waals surface area (Å²) in [5.41, 5.74) is 2.00. The predicted octanol–water partition coefficient (Wildman–Crippen LogP) is 1.61. The molecule has 1 aromatic carbocycles. The maximum absolute atomic E-state index is 5.65. The van der Waals surface area contributed by atoms with E-state index < -0.39 is 0 Å². The lowest BCUT2D eigenvalue weighted by atomic mass is 10.2. The largest absolute Gasteiger partial charge is 0.375 e. The van der Waals surface area contributed by atoms with E-state index in [4.69, 9.17) is 4.74 Å². The smallest absolute Gasteiger partial charge is 0.191 e. The van der Waals surface area contributed by atoms with Gasteiger partial charge in [0.1, 0.15) is 0 Å². The van der Waals surface area contributed by atoms with Gasteiger partial charge in [0.05, 0.1) is 19.8 Å². The van der Waals surface area contributed by atoms with E-state index in [-0.39, 0.29) is 0 Å². The monoisotopic (exact) mass is 338 g/mol. The predicted molar refractivity (Wildman–Crippen MR) is 97.3 cm³/mol. The normalized spacial score (nSPS) is 11.6. The molecule has 0 aliphatic rings. The van der Waals surface area contributed by atoms with Crippen LogP contribution in [0.25, 0.3) is 5.65 Å². The van der Waals surface area contributed by atoms with Gasteiger partial charge in [-0.3, -0.25) is 9.39 Å². The van der Waals surface area contributed by atoms with Gasteiger partial charge in [-0.15, -0.1) is 10.2 Å². The van der Waals surface area contributed by atoms with Crippen molar-refractivity contribution in [3.8, 4) is 0 Å². The number of nitrogens with zero attached hydrogens (tertiary/aromatic N) is 4. The van der Waals surface area contributed by atoms with Gasteiger partial charge in [-0.05, 0) is 17.7 Å². The summed E-state index contributed by atoms with van der Waals surface area (Å²) in [5, 5.41) is 14.8. The van der Waals surface area contributed by atoms with Crippen LogP contribution < -0.4 is 10.6 Å². The lowest BCUT2D eigenvalue weighted by molar-refractivity contribution is 0.125. The van der Waals surface area contributed by atoms with Gasteiger partial charge in [-0.2, -0.15) is 0 Å². The fourth-order valence-electron chi connectivity index (χ4n) is 2.40. The second-order valence-corrected chi connectivity index (χ2v) is 5.44. The van der Waals surface area contributed by atoms with Gasteiger partial charge in [-0.1, -0.05) is 36.4 Å². The molecule has 0 saturated heterocycles. The Hall–Kier alpha value is -2.93. The summed E-state index contributed by atoms with van der Waals surface area (Å²) in [4.78, 5) is 4.20. The fourth-order valence-corrected chi connectivity index (χ4v) is 2.40. The standard InChI is InChI=1S/C18H22N6O/c1-19-18(20-10-12-25-14-15-7-3-2-4-8-15)21-13-17-23-22-16-9-5-6-11-24(16)17/h2-9,11H,10,12-14H2,1H3,(H2,19,20,21). The second-order valence-electron chi connectivity index (χ2n) is 5.44. The van der Waals surface area contributed by atoms with Gasteiger partial charge in [0, 0.05) is 19.8 Å². The Bertz CT molecular complexity index is 815. The molecule has 0 unspecified atom stereocenters. The first-order valence-electron chi connectivity index (χ1n) is 8.21. The molecule has 0 radical (unpaired) electrons. The van der Waals surface area contributed by atoms with Crippen molar-refractivity contribution in [3.63, 3.8) is 0 Å². The van der Waals surface area contributed by atoms with Crippen LogP contribution in [0.2, 0.25) is 0 Å². The van der Waals surface area contributed by atoms with Crippen LogP contribution in [0.3, 0.4) is 0 Å². The highest BCUT2D eigenvalue weighted by molar-refractivity contribution is 5.79. The zero-order valence-electron chi connectivity index (χ0n) is 14.2. The average Bonchev–Trinajstić information content (AvgIpc) is 3.08. The molecule has 0 spiro atoms. The third kappa shape index (κ3) is 4.77. The molecule has 3 rings (SSSR count). The Morgan fingerprint density at radius 1 is 1.08 bits per heavy atom. The Kier molecular flexibility index (Phi) is 5.95. The first-order chi connectivity index (χ1) is 12.4. The summed E-state index contributed by atoms with van der Waals surface area (Å²) < 4.78 is 7.60. The van der Waals surface area contributed by atoms with E-state index in [2.05, 4.69) is 38.0 Å². The second kappa shape index (κ2) is 8.79. The number of nitrogens with one attached hydrogen (secondary N) is 2. The van der Waals surface area contributed by atoms with E-state index in [9.17, 15) is 0 Å². The summed E-state index contributed by atoms with van der Waals surface area (Å²) in [5.74, 6) is 1.54. The van der Waals surface area contributed by atoms with Crippen LogP contribution in [0.4, 0.5) is 0 Å². The number of fused-ring (bicyclic) bond motifs is 1. The summed E-state index contributed by atoms with van der Waals surface area (Å²) in [7, 11) is 1.74. The number of hydrogen-bond acceptors (Lipinski definition) is 4. The van der Waals surface area contributed by atoms with Crippen molar-refractivity contribution < 1.29 is 4.74 Å². The van der Waals surface area contributed by atoms with E-state index in [0.29, 0.717) is 32.3 Å². The highest BCUT2D eigenvalue weighted by Crippen LogP contribution is 2.02. The minimum atomic E-state index is 0.537. The van der Waals surface area contributed by atoms with E-state index in [1.54, 1.807) is 7.05 Å². The van der Waals surface area contributed by atoms with Gasteiger partial charge in [-0.25, -0.2) is 0 Å². The molecular weight excluding hydrogens is 316 g/mol. The van der Waals surface area contributed by atoms with E-state index in [1.807, 2.05) is 47.0 Å². The Morgan fingerprint density at radius 2 is 1.92 bits per heavy atom. The topological polar surface area (TPSA) is 75.8 Å². The number of benzene rings is 1. The van der Waals surface area contributed by atoms with Crippen LogP contribution in [0.5, 0.6) is 0 Å². The molecule has 0 aliphatic carbocycles. The van der Waals surface area contributed by atoms with Crippen molar-refractivity contribution >= 4 is 11.6 Å². The Balaban J connectivity index is 1.39. The van der Waals surface area contributed by atoms with Crippen LogP contribution in [0, 0.1) is 0 Å². The molecule has 7 heteroatoms. The zero-order chi connectivity index (χ0) is 17.3. The molecule has 2 aromatic heterocycles. The van der Waals surface area contributed by atoms with Gasteiger partial charge in [0.25, 0.3) is 0 Å². The number of hydrogen-bond donors (Lipinski definition) is 2. The van der Waals surface area contributed by atoms with Crippen LogP contribution in [-0.4, -0.2) is 40.8 Å². The van der Waals surface area contributed by atoms with Crippen LogP contribution in [0.1, 0.15) is 11.4 Å². The van der Waals surface area contributed by atoms with Crippen LogP contribution in [0.15, 0.2) is 59.7 Å². The number of pyridine rings is 1. The van der Waals surface area contributed by atoms with Crippen LogP contribution >= 0.6 is 0 Å².